The molecule has 0 aromatic heterocycles. The van der Waals surface area contributed by atoms with Gasteiger partial charge in [-0.25, -0.2) is 9.18 Å². The van der Waals surface area contributed by atoms with E-state index in [0.717, 1.165) is 30.0 Å². The number of thioether (sulfide) groups is 1. The van der Waals surface area contributed by atoms with Crippen LogP contribution < -0.4 is 5.32 Å². The predicted octanol–water partition coefficient (Wildman–Crippen LogP) is 1.17. The maximum Gasteiger partial charge on any atom is 0.327 e. The van der Waals surface area contributed by atoms with E-state index >= 15 is 0 Å². The molecule has 0 fully saturated rings. The fourth-order valence-electron chi connectivity index (χ4n) is 1.41. The molecule has 0 heterocycles. The number of carbonyl (C=O) groups is 2. The van der Waals surface area contributed by atoms with E-state index in [1.54, 1.807) is 0 Å². The molecule has 9 heteroatoms. The molecule has 0 aliphatic heterocycles. The first-order valence-corrected chi connectivity index (χ1v) is 6.54. The Hall–Kier alpha value is -2.16. The topological polar surface area (TPSA) is 110 Å². The van der Waals surface area contributed by atoms with Crippen LogP contribution in [0.1, 0.15) is 5.56 Å². The minimum Gasteiger partial charge on any atom is -0.480 e. The zero-order valence-corrected chi connectivity index (χ0v) is 10.9. The van der Waals surface area contributed by atoms with Crippen LogP contribution in [0.2, 0.25) is 0 Å². The van der Waals surface area contributed by atoms with Crippen molar-refractivity contribution in [1.29, 1.82) is 0 Å². The summed E-state index contributed by atoms with van der Waals surface area (Å²) in [6.07, 6.45) is 0.268. The van der Waals surface area contributed by atoms with Gasteiger partial charge >= 0.3 is 5.97 Å². The summed E-state index contributed by atoms with van der Waals surface area (Å²) in [6, 6.07) is 1.99. The summed E-state index contributed by atoms with van der Waals surface area (Å²) in [5.41, 5.74) is -0.0654. The lowest BCUT2D eigenvalue weighted by molar-refractivity contribution is -0.385. The van der Waals surface area contributed by atoms with E-state index in [1.165, 1.54) is 0 Å². The number of carboxylic acid groups (broad SMARTS) is 1. The number of hydrogen-bond acceptors (Lipinski definition) is 5. The normalized spacial score (nSPS) is 11.7. The molecule has 1 aromatic carbocycles. The first-order chi connectivity index (χ1) is 9.45. The summed E-state index contributed by atoms with van der Waals surface area (Å²) >= 11 is 1.05. The van der Waals surface area contributed by atoms with E-state index in [-0.39, 0.29) is 29.2 Å². The monoisotopic (exact) mass is 302 g/mol. The van der Waals surface area contributed by atoms with E-state index in [9.17, 15) is 24.1 Å². The van der Waals surface area contributed by atoms with Crippen LogP contribution in [-0.2, 0) is 15.3 Å². The number of hydrogen-bond donors (Lipinski definition) is 2. The zero-order valence-electron chi connectivity index (χ0n) is 10.1. The number of nitro groups is 1. The van der Waals surface area contributed by atoms with Crippen molar-refractivity contribution in [2.45, 2.75) is 11.8 Å². The molecule has 0 spiro atoms. The maximum absolute atomic E-state index is 13.1. The third-order valence-corrected chi connectivity index (χ3v) is 3.43. The van der Waals surface area contributed by atoms with Crippen molar-refractivity contribution in [3.8, 4) is 0 Å². The Kier molecular flexibility index (Phi) is 5.91. The molecule has 1 aromatic rings. The second-order valence-corrected chi connectivity index (χ2v) is 4.75. The zero-order chi connectivity index (χ0) is 15.1. The van der Waals surface area contributed by atoms with E-state index in [2.05, 4.69) is 5.32 Å². The van der Waals surface area contributed by atoms with Crippen LogP contribution >= 0.6 is 11.8 Å². The van der Waals surface area contributed by atoms with Gasteiger partial charge in [0.15, 0.2) is 0 Å². The molecular formula is C11H11FN2O5S. The van der Waals surface area contributed by atoms with Crippen LogP contribution in [-0.4, -0.2) is 34.2 Å². The number of carboxylic acids is 1. The molecule has 0 saturated heterocycles. The third-order valence-electron chi connectivity index (χ3n) is 2.35. The summed E-state index contributed by atoms with van der Waals surface area (Å²) < 4.78 is 13.1. The summed E-state index contributed by atoms with van der Waals surface area (Å²) in [4.78, 5) is 31.1. The number of halogens is 1. The standard InChI is InChI=1S/C11H11FN2O5S/c12-8-1-2-10(14(18)19)7(3-8)4-20-5-9(11(16)17)13-6-15/h1-3,6,9H,4-5H2,(H,13,15)(H,16,17). The maximum atomic E-state index is 13.1. The van der Waals surface area contributed by atoms with Crippen molar-refractivity contribution >= 4 is 29.8 Å². The van der Waals surface area contributed by atoms with Gasteiger partial charge in [-0.3, -0.25) is 14.9 Å². The minimum absolute atomic E-state index is 0.0156. The lowest BCUT2D eigenvalue weighted by Crippen LogP contribution is -2.37. The molecule has 0 radical (unpaired) electrons. The second kappa shape index (κ2) is 7.43. The first kappa shape index (κ1) is 15.9. The average Bonchev–Trinajstić information content (AvgIpc) is 2.37. The van der Waals surface area contributed by atoms with Crippen molar-refractivity contribution in [1.82, 2.24) is 5.32 Å². The molecule has 1 rings (SSSR count). The van der Waals surface area contributed by atoms with Crippen molar-refractivity contribution in [2.75, 3.05) is 5.75 Å². The molecule has 1 atom stereocenters. The number of benzene rings is 1. The molecule has 0 bridgehead atoms. The Balaban J connectivity index is 2.69. The Labute approximate surface area is 117 Å². The minimum atomic E-state index is -1.21. The molecule has 0 aliphatic rings. The van der Waals surface area contributed by atoms with Crippen molar-refractivity contribution in [2.24, 2.45) is 0 Å². The quantitative estimate of drug-likeness (QED) is 0.424. The van der Waals surface area contributed by atoms with E-state index in [4.69, 9.17) is 5.11 Å². The molecule has 7 nitrogen and oxygen atoms in total. The van der Waals surface area contributed by atoms with Crippen LogP contribution in [0.15, 0.2) is 18.2 Å². The van der Waals surface area contributed by atoms with Gasteiger partial charge in [0, 0.05) is 23.1 Å². The lowest BCUT2D eigenvalue weighted by Gasteiger charge is -2.10. The van der Waals surface area contributed by atoms with Crippen molar-refractivity contribution in [3.05, 3.63) is 39.7 Å². The molecule has 1 unspecified atom stereocenters. The number of amides is 1. The van der Waals surface area contributed by atoms with Crippen molar-refractivity contribution < 1.29 is 24.0 Å². The molecule has 1 amide bonds. The second-order valence-electron chi connectivity index (χ2n) is 3.72. The van der Waals surface area contributed by atoms with Crippen LogP contribution in [0.3, 0.4) is 0 Å². The van der Waals surface area contributed by atoms with Crippen LogP contribution in [0.5, 0.6) is 0 Å². The molecular weight excluding hydrogens is 291 g/mol. The molecule has 20 heavy (non-hydrogen) atoms. The molecule has 0 saturated carbocycles. The van der Waals surface area contributed by atoms with Gasteiger partial charge in [-0.15, -0.1) is 0 Å². The SMILES string of the molecule is O=CNC(CSCc1cc(F)ccc1[N+](=O)[O-])C(=O)O. The van der Waals surface area contributed by atoms with Crippen LogP contribution in [0, 0.1) is 15.9 Å². The van der Waals surface area contributed by atoms with Gasteiger partial charge in [0.05, 0.1) is 4.92 Å². The Morgan fingerprint density at radius 3 is 2.85 bits per heavy atom. The highest BCUT2D eigenvalue weighted by atomic mass is 32.2. The highest BCUT2D eigenvalue weighted by Crippen LogP contribution is 2.24. The number of nitrogens with zero attached hydrogens (tertiary/aromatic N) is 1. The van der Waals surface area contributed by atoms with Crippen LogP contribution in [0.25, 0.3) is 0 Å². The highest BCUT2D eigenvalue weighted by molar-refractivity contribution is 7.98. The average molecular weight is 302 g/mol. The van der Waals surface area contributed by atoms with E-state index in [0.29, 0.717) is 0 Å². The highest BCUT2D eigenvalue weighted by Gasteiger charge is 2.18. The van der Waals surface area contributed by atoms with Gasteiger partial charge in [-0.1, -0.05) is 0 Å². The summed E-state index contributed by atoms with van der Waals surface area (Å²) in [5, 5.41) is 21.7. The Bertz CT molecular complexity index is 526. The summed E-state index contributed by atoms with van der Waals surface area (Å²) in [5.74, 6) is -1.73. The van der Waals surface area contributed by atoms with E-state index < -0.39 is 22.8 Å². The number of rotatable bonds is 8. The predicted molar refractivity (Wildman–Crippen MR) is 69.8 cm³/mol. The lowest BCUT2D eigenvalue weighted by atomic mass is 10.2. The third kappa shape index (κ3) is 4.50. The molecule has 0 aliphatic carbocycles. The number of carbonyl (C=O) groups excluding carboxylic acids is 1. The summed E-state index contributed by atoms with van der Waals surface area (Å²) in [6.45, 7) is 0. The van der Waals surface area contributed by atoms with Gasteiger partial charge in [-0.05, 0) is 12.1 Å². The fourth-order valence-corrected chi connectivity index (χ4v) is 2.45. The Morgan fingerprint density at radius 2 is 2.30 bits per heavy atom. The first-order valence-electron chi connectivity index (χ1n) is 5.38. The smallest absolute Gasteiger partial charge is 0.327 e. The van der Waals surface area contributed by atoms with Gasteiger partial charge in [0.1, 0.15) is 11.9 Å². The number of aliphatic carboxylic acids is 1. The summed E-state index contributed by atoms with van der Waals surface area (Å²) in [7, 11) is 0. The Morgan fingerprint density at radius 1 is 1.60 bits per heavy atom. The number of nitro benzene ring substituents is 1. The number of nitrogens with one attached hydrogen (secondary N) is 1. The van der Waals surface area contributed by atoms with Gasteiger partial charge < -0.3 is 10.4 Å². The van der Waals surface area contributed by atoms with Gasteiger partial charge in [0.2, 0.25) is 6.41 Å². The van der Waals surface area contributed by atoms with Gasteiger partial charge in [-0.2, -0.15) is 11.8 Å². The fraction of sp³-hybridized carbons (Fsp3) is 0.273. The van der Waals surface area contributed by atoms with Crippen LogP contribution in [0.4, 0.5) is 10.1 Å². The molecule has 2 N–H and O–H groups in total. The van der Waals surface area contributed by atoms with E-state index in [1.807, 2.05) is 0 Å². The largest absolute Gasteiger partial charge is 0.480 e. The molecule has 108 valence electrons. The van der Waals surface area contributed by atoms with Gasteiger partial charge in [0.25, 0.3) is 5.69 Å². The van der Waals surface area contributed by atoms with Crippen molar-refractivity contribution in [3.63, 3.8) is 0 Å².